The van der Waals surface area contributed by atoms with Gasteiger partial charge in [0.25, 0.3) is 0 Å². The monoisotopic (exact) mass is 485 g/mol. The molecule has 0 saturated heterocycles. The van der Waals surface area contributed by atoms with Gasteiger partial charge in [0, 0.05) is 48.6 Å². The first-order chi connectivity index (χ1) is 17.6. The number of amides is 1. The van der Waals surface area contributed by atoms with E-state index in [-0.39, 0.29) is 11.8 Å². The number of nitrogens with zero attached hydrogens (tertiary/aromatic N) is 1. The number of benzene rings is 2. The summed E-state index contributed by atoms with van der Waals surface area (Å²) in [6.45, 7) is 3.99. The lowest BCUT2D eigenvalue weighted by molar-refractivity contribution is -0.121. The molecule has 36 heavy (non-hydrogen) atoms. The number of nitrogens with one attached hydrogen (secondary N) is 1. The molecular weight excluding hydrogens is 442 g/mol. The Morgan fingerprint density at radius 1 is 0.972 bits per heavy atom. The van der Waals surface area contributed by atoms with Crippen LogP contribution >= 0.6 is 0 Å². The number of nitrogens with two attached hydrogens (primary N) is 1. The number of para-hydroxylation sites is 1. The molecule has 1 aromatic heterocycles. The zero-order chi connectivity index (χ0) is 24.9. The Bertz CT molecular complexity index is 1150. The van der Waals surface area contributed by atoms with Crippen molar-refractivity contribution in [2.24, 2.45) is 17.6 Å². The lowest BCUT2D eigenvalue weighted by Crippen LogP contribution is -2.34. The maximum Gasteiger partial charge on any atom is 0.220 e. The van der Waals surface area contributed by atoms with Crippen molar-refractivity contribution in [2.45, 2.75) is 89.6 Å². The first-order valence-corrected chi connectivity index (χ1v) is 14.2. The average molecular weight is 486 g/mol. The number of rotatable bonds is 8. The summed E-state index contributed by atoms with van der Waals surface area (Å²) < 4.78 is 2.48. The van der Waals surface area contributed by atoms with Crippen molar-refractivity contribution in [3.63, 3.8) is 0 Å². The van der Waals surface area contributed by atoms with Crippen LogP contribution in [0.15, 0.2) is 54.7 Å². The molecule has 1 unspecified atom stereocenters. The molecule has 0 aliphatic heterocycles. The maximum atomic E-state index is 13.3. The highest BCUT2D eigenvalue weighted by molar-refractivity contribution is 5.86. The third-order valence-corrected chi connectivity index (χ3v) is 8.69. The summed E-state index contributed by atoms with van der Waals surface area (Å²) in [4.78, 5) is 13.3. The van der Waals surface area contributed by atoms with Gasteiger partial charge in [0.05, 0.1) is 0 Å². The molecule has 3 N–H and O–H groups in total. The minimum atomic E-state index is 0.0437. The zero-order valence-corrected chi connectivity index (χ0v) is 21.9. The molecule has 4 heteroatoms. The summed E-state index contributed by atoms with van der Waals surface area (Å²) in [5.41, 5.74) is 11.1. The number of carbonyl (C=O) groups is 1. The Labute approximate surface area is 216 Å². The van der Waals surface area contributed by atoms with E-state index in [2.05, 4.69) is 71.5 Å². The molecule has 1 amide bonds. The van der Waals surface area contributed by atoms with Crippen molar-refractivity contribution in [1.82, 2.24) is 9.88 Å². The summed E-state index contributed by atoms with van der Waals surface area (Å²) in [7, 11) is 0. The van der Waals surface area contributed by atoms with Crippen molar-refractivity contribution in [1.29, 1.82) is 0 Å². The van der Waals surface area contributed by atoms with Gasteiger partial charge in [-0.2, -0.15) is 0 Å². The van der Waals surface area contributed by atoms with Gasteiger partial charge >= 0.3 is 0 Å². The fourth-order valence-corrected chi connectivity index (χ4v) is 6.55. The predicted octanol–water partition coefficient (Wildman–Crippen LogP) is 6.69. The Morgan fingerprint density at radius 3 is 2.53 bits per heavy atom. The lowest BCUT2D eigenvalue weighted by Gasteiger charge is -2.26. The van der Waals surface area contributed by atoms with E-state index in [1.165, 1.54) is 59.7 Å². The summed E-state index contributed by atoms with van der Waals surface area (Å²) in [5.74, 6) is 1.51. The lowest BCUT2D eigenvalue weighted by atomic mass is 9.86. The average Bonchev–Trinajstić information content (AvgIpc) is 3.25. The highest BCUT2D eigenvalue weighted by Gasteiger charge is 2.25. The van der Waals surface area contributed by atoms with Crippen LogP contribution in [0.3, 0.4) is 0 Å². The second kappa shape index (κ2) is 11.6. The van der Waals surface area contributed by atoms with Crippen LogP contribution < -0.4 is 11.1 Å². The van der Waals surface area contributed by atoms with Crippen molar-refractivity contribution in [3.05, 3.63) is 71.4 Å². The predicted molar refractivity (Wildman–Crippen MR) is 149 cm³/mol. The number of fused-ring (bicyclic) bond motifs is 1. The van der Waals surface area contributed by atoms with Gasteiger partial charge in [-0.3, -0.25) is 4.79 Å². The zero-order valence-electron chi connectivity index (χ0n) is 21.9. The van der Waals surface area contributed by atoms with E-state index in [4.69, 9.17) is 5.73 Å². The highest BCUT2D eigenvalue weighted by Crippen LogP contribution is 2.36. The number of aryl methyl sites for hydroxylation is 1. The van der Waals surface area contributed by atoms with E-state index < -0.39 is 0 Å². The van der Waals surface area contributed by atoms with Gasteiger partial charge in [0.2, 0.25) is 5.91 Å². The van der Waals surface area contributed by atoms with Crippen LogP contribution in [-0.4, -0.2) is 23.1 Å². The summed E-state index contributed by atoms with van der Waals surface area (Å²) in [6.07, 6.45) is 14.0. The molecule has 5 rings (SSSR count). The SMILES string of the molecule is Cc1cccc(C(CC(=O)NCC2CCC(N)CC2)c2cn(CC3CCCCC3)c3ccccc23)c1. The smallest absolute Gasteiger partial charge is 0.220 e. The van der Waals surface area contributed by atoms with Crippen LogP contribution in [0.1, 0.15) is 86.8 Å². The van der Waals surface area contributed by atoms with Crippen LogP contribution in [0.5, 0.6) is 0 Å². The van der Waals surface area contributed by atoms with Crippen molar-refractivity contribution >= 4 is 16.8 Å². The Hall–Kier alpha value is -2.59. The van der Waals surface area contributed by atoms with E-state index in [0.29, 0.717) is 18.4 Å². The van der Waals surface area contributed by atoms with E-state index in [0.717, 1.165) is 44.7 Å². The normalized spacial score (nSPS) is 21.9. The molecule has 1 atom stereocenters. The van der Waals surface area contributed by atoms with Gasteiger partial charge in [-0.25, -0.2) is 0 Å². The molecule has 192 valence electrons. The minimum absolute atomic E-state index is 0.0437. The minimum Gasteiger partial charge on any atom is -0.356 e. The first kappa shape index (κ1) is 25.1. The van der Waals surface area contributed by atoms with E-state index in [1.54, 1.807) is 0 Å². The second-order valence-electron chi connectivity index (χ2n) is 11.5. The van der Waals surface area contributed by atoms with Crippen LogP contribution in [-0.2, 0) is 11.3 Å². The number of hydrogen-bond acceptors (Lipinski definition) is 2. The summed E-state index contributed by atoms with van der Waals surface area (Å²) in [6, 6.07) is 17.8. The molecule has 0 radical (unpaired) electrons. The van der Waals surface area contributed by atoms with Crippen LogP contribution in [0.25, 0.3) is 10.9 Å². The molecule has 3 aromatic rings. The topological polar surface area (TPSA) is 60.1 Å². The number of carbonyl (C=O) groups excluding carboxylic acids is 1. The molecule has 0 bridgehead atoms. The molecule has 2 aliphatic rings. The van der Waals surface area contributed by atoms with Gasteiger partial charge in [0.1, 0.15) is 0 Å². The third-order valence-electron chi connectivity index (χ3n) is 8.69. The van der Waals surface area contributed by atoms with Gasteiger partial charge in [-0.05, 0) is 74.5 Å². The van der Waals surface area contributed by atoms with Crippen molar-refractivity contribution in [3.8, 4) is 0 Å². The van der Waals surface area contributed by atoms with Crippen LogP contribution in [0.4, 0.5) is 0 Å². The second-order valence-corrected chi connectivity index (χ2v) is 11.5. The molecular formula is C32H43N3O. The largest absolute Gasteiger partial charge is 0.356 e. The van der Waals surface area contributed by atoms with E-state index in [9.17, 15) is 4.79 Å². The number of hydrogen-bond donors (Lipinski definition) is 2. The standard InChI is InChI=1S/C32H43N3O/c1-23-8-7-11-26(18-23)29(19-32(36)34-20-24-14-16-27(33)17-15-24)30-22-35(21-25-9-3-2-4-10-25)31-13-6-5-12-28(30)31/h5-8,11-13,18,22,24-25,27,29H,2-4,9-10,14-17,19-21,33H2,1H3,(H,34,36). The van der Waals surface area contributed by atoms with Crippen molar-refractivity contribution < 1.29 is 4.79 Å². The highest BCUT2D eigenvalue weighted by atomic mass is 16.1. The van der Waals surface area contributed by atoms with Gasteiger partial charge in [-0.1, -0.05) is 67.3 Å². The fraction of sp³-hybridized carbons (Fsp3) is 0.531. The molecule has 2 saturated carbocycles. The molecule has 0 spiro atoms. The third kappa shape index (κ3) is 6.03. The Kier molecular flexibility index (Phi) is 8.11. The molecule has 4 nitrogen and oxygen atoms in total. The van der Waals surface area contributed by atoms with Gasteiger partial charge < -0.3 is 15.6 Å². The molecule has 2 fully saturated rings. The Morgan fingerprint density at radius 2 is 1.75 bits per heavy atom. The maximum absolute atomic E-state index is 13.3. The molecule has 2 aromatic carbocycles. The van der Waals surface area contributed by atoms with Crippen LogP contribution in [0.2, 0.25) is 0 Å². The van der Waals surface area contributed by atoms with Crippen LogP contribution in [0, 0.1) is 18.8 Å². The Balaban J connectivity index is 1.40. The quantitative estimate of drug-likeness (QED) is 0.374. The van der Waals surface area contributed by atoms with Crippen molar-refractivity contribution in [2.75, 3.05) is 6.54 Å². The summed E-state index contributed by atoms with van der Waals surface area (Å²) in [5, 5.41) is 4.57. The van der Waals surface area contributed by atoms with E-state index in [1.807, 2.05) is 0 Å². The molecule has 1 heterocycles. The van der Waals surface area contributed by atoms with Gasteiger partial charge in [-0.15, -0.1) is 0 Å². The number of aromatic nitrogens is 1. The summed E-state index contributed by atoms with van der Waals surface area (Å²) >= 11 is 0. The fourth-order valence-electron chi connectivity index (χ4n) is 6.55. The molecule has 2 aliphatic carbocycles. The first-order valence-electron chi connectivity index (χ1n) is 14.2. The van der Waals surface area contributed by atoms with E-state index >= 15 is 0 Å². The van der Waals surface area contributed by atoms with Gasteiger partial charge in [0.15, 0.2) is 0 Å².